The van der Waals surface area contributed by atoms with E-state index in [1.165, 1.54) is 33.2 Å². The van der Waals surface area contributed by atoms with Crippen molar-refractivity contribution >= 4 is 32.8 Å². The van der Waals surface area contributed by atoms with Crippen molar-refractivity contribution in [3.63, 3.8) is 0 Å². The summed E-state index contributed by atoms with van der Waals surface area (Å²) in [5, 5.41) is 11.2. The molecule has 1 N–H and O–H groups in total. The molecule has 0 spiro atoms. The molecule has 1 nitrogen and oxygen atoms in total. The molecular weight excluding hydrogens is 291 g/mol. The van der Waals surface area contributed by atoms with Gasteiger partial charge in [0.15, 0.2) is 0 Å². The van der Waals surface area contributed by atoms with Gasteiger partial charge < -0.3 is 5.11 Å². The Bertz CT molecular complexity index is 729. The topological polar surface area (TPSA) is 20.2 Å². The number of aryl methyl sites for hydroxylation is 1. The van der Waals surface area contributed by atoms with E-state index in [0.29, 0.717) is 6.42 Å². The Balaban J connectivity index is 1.82. The number of thiophene rings is 2. The van der Waals surface area contributed by atoms with Crippen LogP contribution in [0, 0.1) is 5.82 Å². The monoisotopic (exact) mass is 306 g/mol. The molecular formula is C16H15FOS2. The van der Waals surface area contributed by atoms with Crippen molar-refractivity contribution in [2.24, 2.45) is 0 Å². The van der Waals surface area contributed by atoms with Gasteiger partial charge in [0.2, 0.25) is 0 Å². The van der Waals surface area contributed by atoms with Gasteiger partial charge in [-0.25, -0.2) is 4.39 Å². The van der Waals surface area contributed by atoms with Crippen LogP contribution in [-0.2, 0) is 12.8 Å². The van der Waals surface area contributed by atoms with Crippen LogP contribution in [0.5, 0.6) is 0 Å². The van der Waals surface area contributed by atoms with Gasteiger partial charge in [-0.15, -0.1) is 22.7 Å². The number of aliphatic hydroxyl groups excluding tert-OH is 1. The lowest BCUT2D eigenvalue weighted by Gasteiger charge is -2.05. The molecule has 1 atom stereocenters. The fraction of sp³-hybridized carbons (Fsp3) is 0.250. The smallest absolute Gasteiger partial charge is 0.123 e. The van der Waals surface area contributed by atoms with Crippen LogP contribution in [0.2, 0.25) is 0 Å². The standard InChI is InChI=1S/C16H15FOS2/c1-2-12-4-5-13(19-12)9-14(18)16-8-10-7-11(17)3-6-15(10)20-16/h3-8,14,18H,2,9H2,1H3. The third-order valence-corrected chi connectivity index (χ3v) is 5.76. The minimum absolute atomic E-state index is 0.234. The Morgan fingerprint density at radius 2 is 1.90 bits per heavy atom. The van der Waals surface area contributed by atoms with Gasteiger partial charge in [0.25, 0.3) is 0 Å². The van der Waals surface area contributed by atoms with Gasteiger partial charge in [-0.1, -0.05) is 6.92 Å². The van der Waals surface area contributed by atoms with Crippen LogP contribution in [0.15, 0.2) is 36.4 Å². The first-order valence-electron chi connectivity index (χ1n) is 6.60. The third-order valence-electron chi connectivity index (χ3n) is 3.29. The molecule has 1 aromatic carbocycles. The maximum atomic E-state index is 13.2. The Morgan fingerprint density at radius 3 is 2.65 bits per heavy atom. The summed E-state index contributed by atoms with van der Waals surface area (Å²) in [7, 11) is 0. The molecule has 20 heavy (non-hydrogen) atoms. The van der Waals surface area contributed by atoms with Crippen LogP contribution in [0.25, 0.3) is 10.1 Å². The lowest BCUT2D eigenvalue weighted by atomic mass is 10.1. The number of fused-ring (bicyclic) bond motifs is 1. The van der Waals surface area contributed by atoms with Crippen LogP contribution in [0.3, 0.4) is 0 Å². The summed E-state index contributed by atoms with van der Waals surface area (Å²) in [6.45, 7) is 2.13. The molecule has 3 rings (SSSR count). The van der Waals surface area contributed by atoms with Crippen molar-refractivity contribution < 1.29 is 9.50 Å². The summed E-state index contributed by atoms with van der Waals surface area (Å²) in [6, 6.07) is 10.8. The number of rotatable bonds is 4. The highest BCUT2D eigenvalue weighted by Crippen LogP contribution is 2.33. The van der Waals surface area contributed by atoms with Gasteiger partial charge in [-0.3, -0.25) is 0 Å². The van der Waals surface area contributed by atoms with Crippen molar-refractivity contribution in [2.75, 3.05) is 0 Å². The van der Waals surface area contributed by atoms with E-state index < -0.39 is 6.10 Å². The molecule has 4 heteroatoms. The Hall–Kier alpha value is -1.23. The highest BCUT2D eigenvalue weighted by atomic mass is 32.1. The first-order valence-corrected chi connectivity index (χ1v) is 8.23. The van der Waals surface area contributed by atoms with Crippen molar-refractivity contribution in [3.05, 3.63) is 56.8 Å². The molecule has 0 radical (unpaired) electrons. The summed E-state index contributed by atoms with van der Waals surface area (Å²) in [6.07, 6.45) is 1.14. The molecule has 1 unspecified atom stereocenters. The van der Waals surface area contributed by atoms with Gasteiger partial charge in [-0.2, -0.15) is 0 Å². The first kappa shape index (κ1) is 13.7. The van der Waals surface area contributed by atoms with Crippen LogP contribution < -0.4 is 0 Å². The van der Waals surface area contributed by atoms with Crippen LogP contribution in [0.4, 0.5) is 4.39 Å². The fourth-order valence-corrected chi connectivity index (χ4v) is 4.24. The van der Waals surface area contributed by atoms with E-state index >= 15 is 0 Å². The van der Waals surface area contributed by atoms with Gasteiger partial charge in [-0.05, 0) is 48.2 Å². The first-order chi connectivity index (χ1) is 9.65. The second kappa shape index (κ2) is 5.64. The summed E-state index contributed by atoms with van der Waals surface area (Å²) >= 11 is 3.28. The molecule has 2 aromatic heterocycles. The number of halogens is 1. The average Bonchev–Trinajstić information content (AvgIpc) is 3.04. The molecule has 104 valence electrons. The molecule has 0 fully saturated rings. The van der Waals surface area contributed by atoms with Gasteiger partial charge >= 0.3 is 0 Å². The van der Waals surface area contributed by atoms with Gasteiger partial charge in [0.1, 0.15) is 5.82 Å². The molecule has 0 saturated heterocycles. The lowest BCUT2D eigenvalue weighted by molar-refractivity contribution is 0.183. The highest BCUT2D eigenvalue weighted by molar-refractivity contribution is 7.19. The van der Waals surface area contributed by atoms with Crippen molar-refractivity contribution in [3.8, 4) is 0 Å². The maximum absolute atomic E-state index is 13.2. The average molecular weight is 306 g/mol. The molecule has 0 aliphatic carbocycles. The SMILES string of the molecule is CCc1ccc(CC(O)c2cc3cc(F)ccc3s2)s1. The Kier molecular flexibility index (Phi) is 3.87. The maximum Gasteiger partial charge on any atom is 0.123 e. The van der Waals surface area contributed by atoms with E-state index in [4.69, 9.17) is 0 Å². The van der Waals surface area contributed by atoms with E-state index in [2.05, 4.69) is 19.1 Å². The molecule has 0 amide bonds. The highest BCUT2D eigenvalue weighted by Gasteiger charge is 2.13. The molecule has 0 aliphatic heterocycles. The van der Waals surface area contributed by atoms with E-state index in [0.717, 1.165) is 21.4 Å². The fourth-order valence-electron chi connectivity index (χ4n) is 2.21. The van der Waals surface area contributed by atoms with Crippen LogP contribution in [-0.4, -0.2) is 5.11 Å². The van der Waals surface area contributed by atoms with Crippen LogP contribution in [0.1, 0.15) is 27.7 Å². The molecule has 0 bridgehead atoms. The lowest BCUT2D eigenvalue weighted by Crippen LogP contribution is -1.97. The third kappa shape index (κ3) is 2.77. The van der Waals surface area contributed by atoms with E-state index in [9.17, 15) is 9.50 Å². The predicted molar refractivity (Wildman–Crippen MR) is 84.1 cm³/mol. The Morgan fingerprint density at radius 1 is 1.10 bits per heavy atom. The van der Waals surface area contributed by atoms with Crippen molar-refractivity contribution in [1.29, 1.82) is 0 Å². The summed E-state index contributed by atoms with van der Waals surface area (Å²) < 4.78 is 14.2. The minimum Gasteiger partial charge on any atom is -0.387 e. The summed E-state index contributed by atoms with van der Waals surface area (Å²) in [5.41, 5.74) is 0. The number of aliphatic hydroxyl groups is 1. The zero-order valence-corrected chi connectivity index (χ0v) is 12.7. The zero-order valence-electron chi connectivity index (χ0n) is 11.1. The second-order valence-electron chi connectivity index (χ2n) is 4.77. The number of hydrogen-bond donors (Lipinski definition) is 1. The van der Waals surface area contributed by atoms with Crippen molar-refractivity contribution in [2.45, 2.75) is 25.9 Å². The normalized spacial score (nSPS) is 12.9. The summed E-state index contributed by atoms with van der Waals surface area (Å²) in [4.78, 5) is 3.43. The van der Waals surface area contributed by atoms with E-state index in [1.807, 2.05) is 6.07 Å². The second-order valence-corrected chi connectivity index (χ2v) is 7.14. The van der Waals surface area contributed by atoms with Crippen LogP contribution >= 0.6 is 22.7 Å². The number of hydrogen-bond acceptors (Lipinski definition) is 3. The summed E-state index contributed by atoms with van der Waals surface area (Å²) in [5.74, 6) is -0.234. The minimum atomic E-state index is -0.515. The zero-order chi connectivity index (χ0) is 14.1. The largest absolute Gasteiger partial charge is 0.387 e. The van der Waals surface area contributed by atoms with Gasteiger partial charge in [0.05, 0.1) is 6.10 Å². The Labute approximate surface area is 125 Å². The molecule has 2 heterocycles. The molecule has 0 aliphatic rings. The van der Waals surface area contributed by atoms with Crippen molar-refractivity contribution in [1.82, 2.24) is 0 Å². The molecule has 3 aromatic rings. The van der Waals surface area contributed by atoms with E-state index in [-0.39, 0.29) is 5.82 Å². The van der Waals surface area contributed by atoms with Gasteiger partial charge in [0, 0.05) is 25.8 Å². The number of benzene rings is 1. The predicted octanol–water partition coefficient (Wildman–Crippen LogP) is 4.94. The quantitative estimate of drug-likeness (QED) is 0.724. The van der Waals surface area contributed by atoms with E-state index in [1.54, 1.807) is 17.4 Å². The molecule has 0 saturated carbocycles.